The first-order chi connectivity index (χ1) is 12.6. The molecule has 0 atom stereocenters. The van der Waals surface area contributed by atoms with Crippen LogP contribution in [0.4, 0.5) is 4.39 Å². The van der Waals surface area contributed by atoms with E-state index in [1.54, 1.807) is 12.1 Å². The fourth-order valence-corrected chi connectivity index (χ4v) is 3.96. The average molecular weight is 402 g/mol. The van der Waals surface area contributed by atoms with Gasteiger partial charge in [-0.3, -0.25) is 0 Å². The van der Waals surface area contributed by atoms with Gasteiger partial charge in [-0.05, 0) is 55.2 Å². The summed E-state index contributed by atoms with van der Waals surface area (Å²) < 4.78 is 52.0. The number of benzene rings is 1. The maximum absolute atomic E-state index is 13.9. The van der Waals surface area contributed by atoms with Gasteiger partial charge in [0, 0.05) is 13.2 Å². The summed E-state index contributed by atoms with van der Waals surface area (Å²) in [6.07, 6.45) is 4.57. The van der Waals surface area contributed by atoms with Crippen molar-refractivity contribution in [2.75, 3.05) is 19.0 Å². The molecule has 154 valence electrons. The molecule has 7 heteroatoms. The molecule has 1 saturated carbocycles. The van der Waals surface area contributed by atoms with Gasteiger partial charge in [0.25, 0.3) is 0 Å². The fourth-order valence-electron chi connectivity index (χ4n) is 2.93. The van der Waals surface area contributed by atoms with Crippen molar-refractivity contribution in [3.05, 3.63) is 29.6 Å². The minimum absolute atomic E-state index is 0.00374. The minimum atomic E-state index is -3.41. The van der Waals surface area contributed by atoms with Crippen molar-refractivity contribution < 1.29 is 22.3 Å². The highest BCUT2D eigenvalue weighted by atomic mass is 32.2. The summed E-state index contributed by atoms with van der Waals surface area (Å²) in [6, 6.07) is 4.49. The molecule has 1 N–H and O–H groups in total. The van der Waals surface area contributed by atoms with Gasteiger partial charge in [-0.15, -0.1) is 0 Å². The molecular formula is C20H32FNO4S. The Balaban J connectivity index is 1.78. The summed E-state index contributed by atoms with van der Waals surface area (Å²) in [5, 5.41) is 0. The molecule has 0 spiro atoms. The van der Waals surface area contributed by atoms with Crippen molar-refractivity contribution in [1.82, 2.24) is 4.72 Å². The average Bonchev–Trinajstić information content (AvgIpc) is 3.07. The first kappa shape index (κ1) is 22.1. The van der Waals surface area contributed by atoms with Gasteiger partial charge < -0.3 is 9.47 Å². The lowest BCUT2D eigenvalue weighted by molar-refractivity contribution is 0.0720. The molecule has 1 aliphatic rings. The highest BCUT2D eigenvalue weighted by Crippen LogP contribution is 2.26. The molecule has 5 nitrogen and oxygen atoms in total. The van der Waals surface area contributed by atoms with E-state index in [4.69, 9.17) is 9.47 Å². The molecule has 0 heterocycles. The summed E-state index contributed by atoms with van der Waals surface area (Å²) >= 11 is 0. The lowest BCUT2D eigenvalue weighted by Gasteiger charge is -2.18. The molecule has 0 bridgehead atoms. The van der Waals surface area contributed by atoms with E-state index in [2.05, 4.69) is 25.5 Å². The molecule has 1 fully saturated rings. The van der Waals surface area contributed by atoms with Crippen molar-refractivity contribution in [3.8, 4) is 5.75 Å². The number of rotatable bonds is 10. The van der Waals surface area contributed by atoms with Gasteiger partial charge in [-0.2, -0.15) is 0 Å². The van der Waals surface area contributed by atoms with Crippen LogP contribution in [0.3, 0.4) is 0 Å². The number of ether oxygens (including phenoxy) is 2. The zero-order chi connectivity index (χ0) is 19.9. The van der Waals surface area contributed by atoms with Gasteiger partial charge in [-0.25, -0.2) is 17.5 Å². The maximum Gasteiger partial charge on any atom is 0.211 e. The van der Waals surface area contributed by atoms with Crippen molar-refractivity contribution in [1.29, 1.82) is 0 Å². The summed E-state index contributed by atoms with van der Waals surface area (Å²) in [7, 11) is -3.41. The third-order valence-electron chi connectivity index (χ3n) is 4.32. The maximum atomic E-state index is 13.9. The van der Waals surface area contributed by atoms with E-state index in [-0.39, 0.29) is 29.6 Å². The number of hydrogen-bond acceptors (Lipinski definition) is 4. The highest BCUT2D eigenvalue weighted by molar-refractivity contribution is 7.89. The van der Waals surface area contributed by atoms with Gasteiger partial charge in [-0.1, -0.05) is 26.8 Å². The van der Waals surface area contributed by atoms with E-state index in [1.165, 1.54) is 6.07 Å². The Morgan fingerprint density at radius 3 is 2.59 bits per heavy atom. The molecule has 0 radical (unpaired) electrons. The monoisotopic (exact) mass is 401 g/mol. The van der Waals surface area contributed by atoms with Gasteiger partial charge in [0.15, 0.2) is 11.6 Å². The molecule has 1 aliphatic carbocycles. The largest absolute Gasteiger partial charge is 0.487 e. The van der Waals surface area contributed by atoms with Gasteiger partial charge in [0.1, 0.15) is 0 Å². The first-order valence-corrected chi connectivity index (χ1v) is 11.3. The number of halogens is 1. The summed E-state index contributed by atoms with van der Waals surface area (Å²) in [5.41, 5.74) is 0.745. The van der Waals surface area contributed by atoms with Gasteiger partial charge >= 0.3 is 0 Å². The van der Waals surface area contributed by atoms with Crippen LogP contribution in [0.1, 0.15) is 58.4 Å². The predicted octanol–water partition coefficient (Wildman–Crippen LogP) is 4.02. The molecule has 0 saturated heterocycles. The standard InChI is InChI=1S/C20H32FNO4S/c1-20(2,3)15-25-11-6-12-27(23,24)22-14-16-9-10-18(21)19(13-16)26-17-7-4-5-8-17/h9-10,13,17,22H,4-8,11-12,14-15H2,1-3H3. The van der Waals surface area contributed by atoms with Crippen LogP contribution in [0.2, 0.25) is 0 Å². The Morgan fingerprint density at radius 1 is 1.22 bits per heavy atom. The Morgan fingerprint density at radius 2 is 1.93 bits per heavy atom. The molecule has 2 rings (SSSR count). The van der Waals surface area contributed by atoms with Gasteiger partial charge in [0.05, 0.1) is 18.5 Å². The van der Waals surface area contributed by atoms with Crippen LogP contribution in [0.5, 0.6) is 5.75 Å². The number of hydrogen-bond donors (Lipinski definition) is 1. The first-order valence-electron chi connectivity index (χ1n) is 9.65. The normalized spacial score (nSPS) is 16.0. The van der Waals surface area contributed by atoms with Crippen LogP contribution in [0.25, 0.3) is 0 Å². The molecule has 0 amide bonds. The molecule has 1 aromatic rings. The topological polar surface area (TPSA) is 64.6 Å². The lowest BCUT2D eigenvalue weighted by Crippen LogP contribution is -2.27. The molecule has 0 aliphatic heterocycles. The second kappa shape index (κ2) is 9.85. The Labute approximate surface area is 162 Å². The predicted molar refractivity (Wildman–Crippen MR) is 105 cm³/mol. The molecule has 1 aromatic carbocycles. The van der Waals surface area contributed by atoms with Crippen molar-refractivity contribution in [2.24, 2.45) is 5.41 Å². The molecular weight excluding hydrogens is 369 g/mol. The Kier molecular flexibility index (Phi) is 8.06. The van der Waals surface area contributed by atoms with Gasteiger partial charge in [0.2, 0.25) is 10.0 Å². The third-order valence-corrected chi connectivity index (χ3v) is 5.73. The summed E-state index contributed by atoms with van der Waals surface area (Å²) in [6.45, 7) is 7.33. The zero-order valence-corrected chi connectivity index (χ0v) is 17.4. The van der Waals surface area contributed by atoms with Crippen LogP contribution in [-0.4, -0.2) is 33.5 Å². The minimum Gasteiger partial charge on any atom is -0.487 e. The SMILES string of the molecule is CC(C)(C)COCCCS(=O)(=O)NCc1ccc(F)c(OC2CCCC2)c1. The molecule has 27 heavy (non-hydrogen) atoms. The van der Waals surface area contributed by atoms with Crippen molar-refractivity contribution in [2.45, 2.75) is 65.5 Å². The van der Waals surface area contributed by atoms with Crippen LogP contribution in [-0.2, 0) is 21.3 Å². The second-order valence-electron chi connectivity index (χ2n) is 8.40. The van der Waals surface area contributed by atoms with Crippen molar-refractivity contribution >= 4 is 10.0 Å². The highest BCUT2D eigenvalue weighted by Gasteiger charge is 2.19. The van der Waals surface area contributed by atoms with E-state index in [1.807, 2.05) is 0 Å². The summed E-state index contributed by atoms with van der Waals surface area (Å²) in [4.78, 5) is 0. The van der Waals surface area contributed by atoms with Crippen molar-refractivity contribution in [3.63, 3.8) is 0 Å². The van der Waals surface area contributed by atoms with E-state index < -0.39 is 15.8 Å². The second-order valence-corrected chi connectivity index (χ2v) is 10.3. The van der Waals surface area contributed by atoms with Crippen LogP contribution >= 0.6 is 0 Å². The van der Waals surface area contributed by atoms with Crippen LogP contribution in [0, 0.1) is 11.2 Å². The third kappa shape index (κ3) is 8.58. The quantitative estimate of drug-likeness (QED) is 0.602. The molecule has 0 aromatic heterocycles. The van der Waals surface area contributed by atoms with E-state index in [0.29, 0.717) is 25.2 Å². The smallest absolute Gasteiger partial charge is 0.211 e. The lowest BCUT2D eigenvalue weighted by atomic mass is 9.99. The van der Waals surface area contributed by atoms with Crippen LogP contribution < -0.4 is 9.46 Å². The zero-order valence-electron chi connectivity index (χ0n) is 16.6. The summed E-state index contributed by atoms with van der Waals surface area (Å²) in [5.74, 6) is -0.206. The van der Waals surface area contributed by atoms with E-state index in [0.717, 1.165) is 25.7 Å². The fraction of sp³-hybridized carbons (Fsp3) is 0.700. The Bertz CT molecular complexity index is 694. The molecule has 0 unspecified atom stereocenters. The Hall–Kier alpha value is -1.18. The number of nitrogens with one attached hydrogen (secondary N) is 1. The van der Waals surface area contributed by atoms with E-state index >= 15 is 0 Å². The van der Waals surface area contributed by atoms with Crippen LogP contribution in [0.15, 0.2) is 18.2 Å². The van der Waals surface area contributed by atoms with E-state index in [9.17, 15) is 12.8 Å². The number of sulfonamides is 1.